The van der Waals surface area contributed by atoms with E-state index in [0.717, 1.165) is 10.4 Å². The SMILES string of the molecule is C=CC(=O)Nc1cccc(NCC#Cc2cc(O)c3nc(N)sc3c2)c1. The van der Waals surface area contributed by atoms with Crippen LogP contribution in [0.3, 0.4) is 0 Å². The number of hydrogen-bond acceptors (Lipinski definition) is 6. The zero-order valence-electron chi connectivity index (χ0n) is 13.7. The summed E-state index contributed by atoms with van der Waals surface area (Å²) in [5, 5.41) is 16.3. The first-order valence-corrected chi connectivity index (χ1v) is 8.52. The van der Waals surface area contributed by atoms with Crippen LogP contribution in [0.25, 0.3) is 10.2 Å². The number of nitrogen functional groups attached to an aromatic ring is 1. The topological polar surface area (TPSA) is 100 Å². The Morgan fingerprint density at radius 2 is 2.15 bits per heavy atom. The van der Waals surface area contributed by atoms with Gasteiger partial charge in [-0.05, 0) is 36.4 Å². The van der Waals surface area contributed by atoms with Gasteiger partial charge in [0.1, 0.15) is 11.3 Å². The van der Waals surface area contributed by atoms with Crippen LogP contribution in [0.4, 0.5) is 16.5 Å². The molecule has 6 nitrogen and oxygen atoms in total. The van der Waals surface area contributed by atoms with Gasteiger partial charge in [-0.25, -0.2) is 4.98 Å². The van der Waals surface area contributed by atoms with Crippen LogP contribution < -0.4 is 16.4 Å². The van der Waals surface area contributed by atoms with Crippen LogP contribution in [0.2, 0.25) is 0 Å². The lowest BCUT2D eigenvalue weighted by molar-refractivity contribution is -0.111. The van der Waals surface area contributed by atoms with Crippen LogP contribution in [0.15, 0.2) is 49.1 Å². The number of thiazole rings is 1. The number of amides is 1. The molecule has 0 aliphatic carbocycles. The minimum Gasteiger partial charge on any atom is -0.506 e. The Labute approximate surface area is 154 Å². The molecule has 3 rings (SSSR count). The second-order valence-corrected chi connectivity index (χ2v) is 6.39. The summed E-state index contributed by atoms with van der Waals surface area (Å²) in [6.07, 6.45) is 1.22. The third kappa shape index (κ3) is 4.12. The van der Waals surface area contributed by atoms with Gasteiger partial charge >= 0.3 is 0 Å². The smallest absolute Gasteiger partial charge is 0.247 e. The summed E-state index contributed by atoms with van der Waals surface area (Å²) in [5.74, 6) is 5.80. The number of carbonyl (C=O) groups excluding carboxylic acids is 1. The maximum absolute atomic E-state index is 11.3. The molecule has 1 heterocycles. The van der Waals surface area contributed by atoms with Gasteiger partial charge in [-0.3, -0.25) is 4.79 Å². The van der Waals surface area contributed by atoms with Gasteiger partial charge in [-0.1, -0.05) is 35.8 Å². The predicted molar refractivity (Wildman–Crippen MR) is 106 cm³/mol. The van der Waals surface area contributed by atoms with E-state index in [4.69, 9.17) is 5.73 Å². The molecule has 0 fully saturated rings. The summed E-state index contributed by atoms with van der Waals surface area (Å²) < 4.78 is 0.797. The number of rotatable bonds is 4. The number of phenols is 1. The van der Waals surface area contributed by atoms with E-state index in [-0.39, 0.29) is 11.7 Å². The standard InChI is InChI=1S/C19H16N4O2S/c1-2-17(25)22-14-7-3-6-13(11-14)21-8-4-5-12-9-15(24)18-16(10-12)26-19(20)23-18/h2-3,6-7,9-11,21,24H,1,8H2,(H2,20,23)(H,22,25). The molecule has 0 saturated heterocycles. The first-order valence-electron chi connectivity index (χ1n) is 7.70. The summed E-state index contributed by atoms with van der Waals surface area (Å²) in [6.45, 7) is 3.83. The van der Waals surface area contributed by atoms with Crippen molar-refractivity contribution in [1.29, 1.82) is 0 Å². The number of benzene rings is 2. The van der Waals surface area contributed by atoms with Gasteiger partial charge < -0.3 is 21.5 Å². The molecule has 7 heteroatoms. The van der Waals surface area contributed by atoms with Gasteiger partial charge in [0, 0.05) is 16.9 Å². The van der Waals surface area contributed by atoms with Crippen LogP contribution in [0.5, 0.6) is 5.75 Å². The van der Waals surface area contributed by atoms with Crippen molar-refractivity contribution in [2.45, 2.75) is 0 Å². The lowest BCUT2D eigenvalue weighted by Crippen LogP contribution is -2.07. The quantitative estimate of drug-likeness (QED) is 0.421. The third-order valence-electron chi connectivity index (χ3n) is 3.42. The molecule has 1 aromatic heterocycles. The van der Waals surface area contributed by atoms with Crippen LogP contribution in [-0.4, -0.2) is 22.5 Å². The molecule has 0 bridgehead atoms. The summed E-state index contributed by atoms with van der Waals surface area (Å²) in [4.78, 5) is 15.4. The van der Waals surface area contributed by atoms with Crippen LogP contribution in [-0.2, 0) is 4.79 Å². The highest BCUT2D eigenvalue weighted by atomic mass is 32.1. The molecule has 5 N–H and O–H groups in total. The second-order valence-electron chi connectivity index (χ2n) is 5.32. The fraction of sp³-hybridized carbons (Fsp3) is 0.0526. The van der Waals surface area contributed by atoms with Crippen molar-refractivity contribution >= 4 is 44.0 Å². The Bertz CT molecular complexity index is 1050. The van der Waals surface area contributed by atoms with Gasteiger partial charge in [-0.15, -0.1) is 0 Å². The van der Waals surface area contributed by atoms with Crippen LogP contribution >= 0.6 is 11.3 Å². The van der Waals surface area contributed by atoms with Gasteiger partial charge in [0.05, 0.1) is 11.2 Å². The van der Waals surface area contributed by atoms with Crippen LogP contribution in [0.1, 0.15) is 5.56 Å². The molecule has 0 unspecified atom stereocenters. The Morgan fingerprint density at radius 1 is 1.35 bits per heavy atom. The van der Waals surface area contributed by atoms with Crippen molar-refractivity contribution in [2.24, 2.45) is 0 Å². The first kappa shape index (κ1) is 17.3. The number of phenolic OH excluding ortho intramolecular Hbond substituents is 1. The van der Waals surface area contributed by atoms with Crippen molar-refractivity contribution in [2.75, 3.05) is 22.9 Å². The zero-order valence-corrected chi connectivity index (χ0v) is 14.6. The van der Waals surface area contributed by atoms with Gasteiger partial charge in [-0.2, -0.15) is 0 Å². The molecule has 3 aromatic rings. The monoisotopic (exact) mass is 364 g/mol. The number of hydrogen-bond donors (Lipinski definition) is 4. The van der Waals surface area contributed by atoms with Crippen molar-refractivity contribution in [3.8, 4) is 17.6 Å². The van der Waals surface area contributed by atoms with Gasteiger partial charge in [0.15, 0.2) is 5.13 Å². The van der Waals surface area contributed by atoms with E-state index in [2.05, 4.69) is 34.0 Å². The van der Waals surface area contributed by atoms with Crippen molar-refractivity contribution in [1.82, 2.24) is 4.98 Å². The molecule has 0 atom stereocenters. The normalized spacial score (nSPS) is 10.0. The lowest BCUT2D eigenvalue weighted by atomic mass is 10.2. The van der Waals surface area contributed by atoms with Crippen LogP contribution in [0, 0.1) is 11.8 Å². The van der Waals surface area contributed by atoms with E-state index in [0.29, 0.717) is 28.4 Å². The Morgan fingerprint density at radius 3 is 2.96 bits per heavy atom. The van der Waals surface area contributed by atoms with E-state index < -0.39 is 0 Å². The highest BCUT2D eigenvalue weighted by Crippen LogP contribution is 2.31. The van der Waals surface area contributed by atoms with E-state index in [9.17, 15) is 9.90 Å². The highest BCUT2D eigenvalue weighted by molar-refractivity contribution is 7.22. The minimum absolute atomic E-state index is 0.0679. The number of nitrogens with zero attached hydrogens (tertiary/aromatic N) is 1. The van der Waals surface area contributed by atoms with E-state index in [1.165, 1.54) is 17.4 Å². The fourth-order valence-corrected chi connectivity index (χ4v) is 3.09. The van der Waals surface area contributed by atoms with E-state index in [1.54, 1.807) is 18.2 Å². The number of fused-ring (bicyclic) bond motifs is 1. The predicted octanol–water partition coefficient (Wildman–Crippen LogP) is 3.17. The second kappa shape index (κ2) is 7.59. The Balaban J connectivity index is 1.66. The number of nitrogens with two attached hydrogens (primary N) is 1. The highest BCUT2D eigenvalue weighted by Gasteiger charge is 2.07. The Kier molecular flexibility index (Phi) is 5.06. The molecule has 130 valence electrons. The summed E-state index contributed by atoms with van der Waals surface area (Å²) in [7, 11) is 0. The minimum atomic E-state index is -0.263. The maximum atomic E-state index is 11.3. The maximum Gasteiger partial charge on any atom is 0.247 e. The zero-order chi connectivity index (χ0) is 18.5. The summed E-state index contributed by atoms with van der Waals surface area (Å²) >= 11 is 1.31. The summed E-state index contributed by atoms with van der Waals surface area (Å²) in [5.41, 5.74) is 8.35. The molecule has 0 saturated carbocycles. The number of aromatic hydroxyl groups is 1. The average molecular weight is 364 g/mol. The molecule has 0 aliphatic rings. The summed E-state index contributed by atoms with van der Waals surface area (Å²) in [6, 6.07) is 10.7. The molecule has 0 radical (unpaired) electrons. The molecule has 0 aliphatic heterocycles. The molecule has 2 aromatic carbocycles. The fourth-order valence-electron chi connectivity index (χ4n) is 2.29. The molecular weight excluding hydrogens is 348 g/mol. The van der Waals surface area contributed by atoms with Gasteiger partial charge in [0.25, 0.3) is 0 Å². The lowest BCUT2D eigenvalue weighted by Gasteiger charge is -2.06. The Hall–Kier alpha value is -3.50. The first-order chi connectivity index (χ1) is 12.5. The van der Waals surface area contributed by atoms with Crippen molar-refractivity contribution < 1.29 is 9.90 Å². The molecular formula is C19H16N4O2S. The number of carbonyl (C=O) groups is 1. The molecule has 0 spiro atoms. The van der Waals surface area contributed by atoms with Crippen molar-refractivity contribution in [3.05, 3.63) is 54.6 Å². The van der Waals surface area contributed by atoms with E-state index >= 15 is 0 Å². The molecule has 26 heavy (non-hydrogen) atoms. The third-order valence-corrected chi connectivity index (χ3v) is 4.25. The largest absolute Gasteiger partial charge is 0.506 e. The number of nitrogens with one attached hydrogen (secondary N) is 2. The van der Waals surface area contributed by atoms with E-state index in [1.807, 2.05) is 18.2 Å². The average Bonchev–Trinajstić information content (AvgIpc) is 3.00. The van der Waals surface area contributed by atoms with Crippen molar-refractivity contribution in [3.63, 3.8) is 0 Å². The number of aromatic nitrogens is 1. The van der Waals surface area contributed by atoms with Gasteiger partial charge in [0.2, 0.25) is 5.91 Å². The number of anilines is 3. The molecule has 1 amide bonds.